The zero-order valence-corrected chi connectivity index (χ0v) is 11.8. The normalized spacial score (nSPS) is 19.6. The molecule has 1 amide bonds. The minimum atomic E-state index is -0.995. The summed E-state index contributed by atoms with van der Waals surface area (Å²) in [6.07, 6.45) is 4.81. The van der Waals surface area contributed by atoms with Crippen molar-refractivity contribution in [2.24, 2.45) is 0 Å². The first-order chi connectivity index (χ1) is 9.06. The number of carbonyl (C=O) groups excluding carboxylic acids is 1. The molecule has 1 heterocycles. The lowest BCUT2D eigenvalue weighted by Crippen LogP contribution is -2.50. The Bertz CT molecular complexity index is 449. The number of nitrogens with one attached hydrogen (secondary N) is 1. The SMILES string of the molecule is C[C@H](NC(=O)C1(c2cccs2)CCCCC1)C(=O)O. The maximum absolute atomic E-state index is 12.6. The lowest BCUT2D eigenvalue weighted by molar-refractivity contribution is -0.142. The Morgan fingerprint density at radius 3 is 2.58 bits per heavy atom. The highest BCUT2D eigenvalue weighted by molar-refractivity contribution is 7.10. The van der Waals surface area contributed by atoms with Crippen LogP contribution in [-0.4, -0.2) is 23.0 Å². The van der Waals surface area contributed by atoms with E-state index in [9.17, 15) is 9.59 Å². The molecule has 1 aromatic rings. The number of carboxylic acids is 1. The Morgan fingerprint density at radius 1 is 1.37 bits per heavy atom. The summed E-state index contributed by atoms with van der Waals surface area (Å²) >= 11 is 1.58. The minimum absolute atomic E-state index is 0.135. The predicted octanol–water partition coefficient (Wildman–Crippen LogP) is 2.54. The molecule has 4 nitrogen and oxygen atoms in total. The third-order valence-electron chi connectivity index (χ3n) is 3.85. The van der Waals surface area contributed by atoms with Gasteiger partial charge in [-0.3, -0.25) is 9.59 Å². The van der Waals surface area contributed by atoms with Crippen molar-refractivity contribution in [1.82, 2.24) is 5.32 Å². The number of carbonyl (C=O) groups is 2. The summed E-state index contributed by atoms with van der Waals surface area (Å²) < 4.78 is 0. The zero-order chi connectivity index (χ0) is 13.9. The van der Waals surface area contributed by atoms with Crippen LogP contribution in [0.5, 0.6) is 0 Å². The Morgan fingerprint density at radius 2 is 2.05 bits per heavy atom. The van der Waals surface area contributed by atoms with Crippen molar-refractivity contribution < 1.29 is 14.7 Å². The van der Waals surface area contributed by atoms with Gasteiger partial charge < -0.3 is 10.4 Å². The maximum atomic E-state index is 12.6. The van der Waals surface area contributed by atoms with Gasteiger partial charge in [0.1, 0.15) is 6.04 Å². The lowest BCUT2D eigenvalue weighted by atomic mass is 9.72. The molecule has 1 atom stereocenters. The van der Waals surface area contributed by atoms with E-state index in [1.54, 1.807) is 11.3 Å². The molecule has 0 unspecified atom stereocenters. The molecule has 0 aliphatic heterocycles. The van der Waals surface area contributed by atoms with Crippen molar-refractivity contribution in [3.05, 3.63) is 22.4 Å². The van der Waals surface area contributed by atoms with Crippen molar-refractivity contribution in [2.75, 3.05) is 0 Å². The summed E-state index contributed by atoms with van der Waals surface area (Å²) in [5, 5.41) is 13.5. The number of thiophene rings is 1. The first-order valence-corrected chi connectivity index (χ1v) is 7.52. The molecule has 1 aliphatic carbocycles. The number of hydrogen-bond donors (Lipinski definition) is 2. The molecule has 1 aliphatic rings. The second kappa shape index (κ2) is 5.74. The fraction of sp³-hybridized carbons (Fsp3) is 0.571. The molecule has 0 saturated heterocycles. The summed E-state index contributed by atoms with van der Waals surface area (Å²) in [5.74, 6) is -1.13. The Balaban J connectivity index is 2.23. The smallest absolute Gasteiger partial charge is 0.325 e. The number of rotatable bonds is 4. The molecule has 1 fully saturated rings. The first-order valence-electron chi connectivity index (χ1n) is 6.64. The molecule has 1 aromatic heterocycles. The molecule has 1 saturated carbocycles. The molecule has 0 aromatic carbocycles. The van der Waals surface area contributed by atoms with Crippen molar-refractivity contribution >= 4 is 23.2 Å². The van der Waals surface area contributed by atoms with Gasteiger partial charge in [-0.2, -0.15) is 0 Å². The molecule has 5 heteroatoms. The summed E-state index contributed by atoms with van der Waals surface area (Å²) in [6, 6.07) is 3.09. The van der Waals surface area contributed by atoms with Crippen molar-refractivity contribution in [3.8, 4) is 0 Å². The van der Waals surface area contributed by atoms with Gasteiger partial charge >= 0.3 is 5.97 Å². The summed E-state index contributed by atoms with van der Waals surface area (Å²) in [4.78, 5) is 24.5. The van der Waals surface area contributed by atoms with Crippen LogP contribution in [0.3, 0.4) is 0 Å². The Hall–Kier alpha value is -1.36. The van der Waals surface area contributed by atoms with E-state index < -0.39 is 17.4 Å². The van der Waals surface area contributed by atoms with E-state index in [4.69, 9.17) is 5.11 Å². The number of aliphatic carboxylic acids is 1. The third-order valence-corrected chi connectivity index (χ3v) is 4.93. The predicted molar refractivity (Wildman–Crippen MR) is 74.3 cm³/mol. The molecular weight excluding hydrogens is 262 g/mol. The van der Waals surface area contributed by atoms with E-state index in [0.717, 1.165) is 37.0 Å². The van der Waals surface area contributed by atoms with Crippen molar-refractivity contribution in [1.29, 1.82) is 0 Å². The van der Waals surface area contributed by atoms with Gasteiger partial charge in [0.25, 0.3) is 0 Å². The van der Waals surface area contributed by atoms with Gasteiger partial charge in [-0.15, -0.1) is 11.3 Å². The third kappa shape index (κ3) is 2.81. The fourth-order valence-corrected chi connectivity index (χ4v) is 3.67. The van der Waals surface area contributed by atoms with Crippen LogP contribution in [0.15, 0.2) is 17.5 Å². The maximum Gasteiger partial charge on any atom is 0.325 e. The van der Waals surface area contributed by atoms with E-state index in [1.807, 2.05) is 17.5 Å². The van der Waals surface area contributed by atoms with Crippen LogP contribution >= 0.6 is 11.3 Å². The van der Waals surface area contributed by atoms with E-state index >= 15 is 0 Å². The van der Waals surface area contributed by atoms with Crippen LogP contribution < -0.4 is 5.32 Å². The molecule has 19 heavy (non-hydrogen) atoms. The molecule has 0 spiro atoms. The van der Waals surface area contributed by atoms with Gasteiger partial charge in [0.15, 0.2) is 0 Å². The van der Waals surface area contributed by atoms with Crippen molar-refractivity contribution in [2.45, 2.75) is 50.5 Å². The second-order valence-corrected chi connectivity index (χ2v) is 6.10. The van der Waals surface area contributed by atoms with Gasteiger partial charge in [-0.1, -0.05) is 25.3 Å². The molecule has 0 bridgehead atoms. The van der Waals surface area contributed by atoms with E-state index in [-0.39, 0.29) is 5.91 Å². The van der Waals surface area contributed by atoms with Gasteiger partial charge in [0.05, 0.1) is 5.41 Å². The minimum Gasteiger partial charge on any atom is -0.480 e. The lowest BCUT2D eigenvalue weighted by Gasteiger charge is -2.35. The highest BCUT2D eigenvalue weighted by Crippen LogP contribution is 2.41. The first kappa shape index (κ1) is 14.1. The van der Waals surface area contributed by atoms with E-state index in [2.05, 4.69) is 5.32 Å². The number of hydrogen-bond acceptors (Lipinski definition) is 3. The van der Waals surface area contributed by atoms with Crippen LogP contribution in [0.1, 0.15) is 43.9 Å². The second-order valence-electron chi connectivity index (χ2n) is 5.15. The van der Waals surface area contributed by atoms with Crippen molar-refractivity contribution in [3.63, 3.8) is 0 Å². The highest BCUT2D eigenvalue weighted by Gasteiger charge is 2.42. The topological polar surface area (TPSA) is 66.4 Å². The largest absolute Gasteiger partial charge is 0.480 e. The van der Waals surface area contributed by atoms with Crippen LogP contribution in [0.25, 0.3) is 0 Å². The monoisotopic (exact) mass is 281 g/mol. The van der Waals surface area contributed by atoms with Gasteiger partial charge in [-0.05, 0) is 31.2 Å². The zero-order valence-electron chi connectivity index (χ0n) is 11.0. The molecule has 2 rings (SSSR count). The van der Waals surface area contributed by atoms with E-state index in [1.165, 1.54) is 6.92 Å². The van der Waals surface area contributed by atoms with Crippen LogP contribution in [0.4, 0.5) is 0 Å². The highest BCUT2D eigenvalue weighted by atomic mass is 32.1. The fourth-order valence-electron chi connectivity index (χ4n) is 2.69. The van der Waals surface area contributed by atoms with Gasteiger partial charge in [0, 0.05) is 4.88 Å². The average molecular weight is 281 g/mol. The van der Waals surface area contributed by atoms with Crippen LogP contribution in [-0.2, 0) is 15.0 Å². The summed E-state index contributed by atoms with van der Waals surface area (Å²) in [6.45, 7) is 1.51. The Kier molecular flexibility index (Phi) is 4.24. The molecule has 0 radical (unpaired) electrons. The molecule has 104 valence electrons. The number of amides is 1. The standard InChI is InChI=1S/C14H19NO3S/c1-10(12(16)17)15-13(18)14(7-3-2-4-8-14)11-6-5-9-19-11/h5-6,9-10H,2-4,7-8H2,1H3,(H,15,18)(H,16,17)/t10-/m0/s1. The summed E-state index contributed by atoms with van der Waals surface area (Å²) in [5.41, 5.74) is -0.518. The number of carboxylic acid groups (broad SMARTS) is 1. The molecule has 2 N–H and O–H groups in total. The quantitative estimate of drug-likeness (QED) is 0.891. The van der Waals surface area contributed by atoms with Crippen LogP contribution in [0, 0.1) is 0 Å². The molecular formula is C14H19NO3S. The van der Waals surface area contributed by atoms with Gasteiger partial charge in [-0.25, -0.2) is 0 Å². The van der Waals surface area contributed by atoms with Gasteiger partial charge in [0.2, 0.25) is 5.91 Å². The Labute approximate surface area is 116 Å². The average Bonchev–Trinajstić information content (AvgIpc) is 2.93. The van der Waals surface area contributed by atoms with E-state index in [0.29, 0.717) is 0 Å². The van der Waals surface area contributed by atoms with Crippen LogP contribution in [0.2, 0.25) is 0 Å². The summed E-state index contributed by atoms with van der Waals surface area (Å²) in [7, 11) is 0.